The fraction of sp³-hybridized carbons (Fsp3) is 0.235. The first-order chi connectivity index (χ1) is 12.8. The second-order valence-corrected chi connectivity index (χ2v) is 5.91. The van der Waals surface area contributed by atoms with Crippen LogP contribution in [0.4, 0.5) is 18.9 Å². The molecular weight excluding hydrogens is 401 g/mol. The average molecular weight is 417 g/mol. The van der Waals surface area contributed by atoms with Crippen molar-refractivity contribution in [1.29, 1.82) is 0 Å². The fourth-order valence-electron chi connectivity index (χ4n) is 2.69. The molecule has 1 aromatic carbocycles. The number of alkyl halides is 2. The molecule has 150 valence electrons. The molecule has 1 amide bonds. The number of benzene rings is 1. The Kier molecular flexibility index (Phi) is 6.47. The van der Waals surface area contributed by atoms with Gasteiger partial charge in [-0.25, -0.2) is 13.2 Å². The number of anilines is 1. The van der Waals surface area contributed by atoms with Gasteiger partial charge >= 0.3 is 0 Å². The second kappa shape index (κ2) is 8.44. The zero-order chi connectivity index (χ0) is 19.6. The number of aliphatic imine (C=N–C) groups is 1. The molecule has 7 nitrogen and oxygen atoms in total. The van der Waals surface area contributed by atoms with Crippen molar-refractivity contribution >= 4 is 29.8 Å². The van der Waals surface area contributed by atoms with E-state index in [4.69, 9.17) is 10.5 Å². The fourth-order valence-corrected chi connectivity index (χ4v) is 2.69. The van der Waals surface area contributed by atoms with Crippen LogP contribution in [0.3, 0.4) is 0 Å². The van der Waals surface area contributed by atoms with Gasteiger partial charge in [0.25, 0.3) is 12.3 Å². The van der Waals surface area contributed by atoms with Crippen molar-refractivity contribution < 1.29 is 22.7 Å². The molecular formula is C17H16ClF3N4O3. The molecule has 0 saturated heterocycles. The van der Waals surface area contributed by atoms with E-state index in [-0.39, 0.29) is 41.7 Å². The molecule has 2 heterocycles. The lowest BCUT2D eigenvalue weighted by atomic mass is 9.90. The van der Waals surface area contributed by atoms with Gasteiger partial charge in [0.05, 0.1) is 12.2 Å². The predicted molar refractivity (Wildman–Crippen MR) is 98.8 cm³/mol. The minimum atomic E-state index is -3.09. The van der Waals surface area contributed by atoms with Crippen LogP contribution in [0.25, 0.3) is 0 Å². The summed E-state index contributed by atoms with van der Waals surface area (Å²) in [7, 11) is 0. The highest BCUT2D eigenvalue weighted by Crippen LogP contribution is 2.37. The van der Waals surface area contributed by atoms with Crippen molar-refractivity contribution in [3.63, 3.8) is 0 Å². The molecule has 3 rings (SSSR count). The van der Waals surface area contributed by atoms with E-state index in [2.05, 4.69) is 15.3 Å². The molecule has 2 aromatic rings. The lowest BCUT2D eigenvalue weighted by molar-refractivity contribution is -0.0145. The van der Waals surface area contributed by atoms with Crippen molar-refractivity contribution in [1.82, 2.24) is 4.98 Å². The average Bonchev–Trinajstić information content (AvgIpc) is 2.63. The SMILES string of the molecule is Cl.NC1=N[C@@](c2cc(NC(=O)c3ccc(=O)[nH]c3)ccc2F)(C(F)F)COC1. The molecule has 1 aliphatic rings. The molecule has 0 radical (unpaired) electrons. The molecule has 0 fully saturated rings. The van der Waals surface area contributed by atoms with Gasteiger partial charge < -0.3 is 20.8 Å². The van der Waals surface area contributed by atoms with Crippen molar-refractivity contribution in [3.05, 3.63) is 63.8 Å². The van der Waals surface area contributed by atoms with Crippen molar-refractivity contribution in [2.75, 3.05) is 18.5 Å². The number of nitrogens with two attached hydrogens (primary N) is 1. The first kappa shape index (κ1) is 21.5. The van der Waals surface area contributed by atoms with E-state index in [1.807, 2.05) is 0 Å². The number of amides is 1. The summed E-state index contributed by atoms with van der Waals surface area (Å²) in [6.07, 6.45) is -1.89. The Labute approximate surface area is 163 Å². The highest BCUT2D eigenvalue weighted by atomic mass is 35.5. The smallest absolute Gasteiger partial charge is 0.269 e. The maximum absolute atomic E-state index is 14.3. The van der Waals surface area contributed by atoms with Gasteiger partial charge in [0.2, 0.25) is 5.56 Å². The highest BCUT2D eigenvalue weighted by molar-refractivity contribution is 6.04. The Morgan fingerprint density at radius 3 is 2.68 bits per heavy atom. The molecule has 0 saturated carbocycles. The van der Waals surface area contributed by atoms with Gasteiger partial charge in [-0.3, -0.25) is 14.6 Å². The Morgan fingerprint density at radius 2 is 2.07 bits per heavy atom. The maximum atomic E-state index is 14.3. The summed E-state index contributed by atoms with van der Waals surface area (Å²) < 4.78 is 46.9. The molecule has 1 aromatic heterocycles. The monoisotopic (exact) mass is 416 g/mol. The van der Waals surface area contributed by atoms with Crippen molar-refractivity contribution in [3.8, 4) is 0 Å². The molecule has 1 aliphatic heterocycles. The van der Waals surface area contributed by atoms with E-state index in [0.717, 1.165) is 18.2 Å². The van der Waals surface area contributed by atoms with E-state index >= 15 is 0 Å². The highest BCUT2D eigenvalue weighted by Gasteiger charge is 2.46. The number of aromatic amines is 1. The van der Waals surface area contributed by atoms with Crippen LogP contribution in [0.2, 0.25) is 0 Å². The molecule has 0 aliphatic carbocycles. The third-order valence-electron chi connectivity index (χ3n) is 4.01. The van der Waals surface area contributed by atoms with E-state index < -0.39 is 35.9 Å². The normalized spacial score (nSPS) is 18.9. The van der Waals surface area contributed by atoms with E-state index in [9.17, 15) is 22.8 Å². The van der Waals surface area contributed by atoms with Gasteiger partial charge in [-0.15, -0.1) is 12.4 Å². The molecule has 1 atom stereocenters. The minimum Gasteiger partial charge on any atom is -0.385 e. The molecule has 11 heteroatoms. The minimum absolute atomic E-state index is 0. The first-order valence-electron chi connectivity index (χ1n) is 7.82. The number of amidine groups is 1. The number of carbonyl (C=O) groups excluding carboxylic acids is 1. The van der Waals surface area contributed by atoms with Crippen LogP contribution in [0.1, 0.15) is 15.9 Å². The quantitative estimate of drug-likeness (QED) is 0.708. The number of hydrogen-bond acceptors (Lipinski definition) is 5. The summed E-state index contributed by atoms with van der Waals surface area (Å²) in [5.74, 6) is -1.72. The van der Waals surface area contributed by atoms with Crippen LogP contribution in [0.5, 0.6) is 0 Å². The Bertz CT molecular complexity index is 946. The Hall–Kier alpha value is -2.85. The summed E-state index contributed by atoms with van der Waals surface area (Å²) in [5.41, 5.74) is 2.58. The van der Waals surface area contributed by atoms with Crippen LogP contribution >= 0.6 is 12.4 Å². The van der Waals surface area contributed by atoms with Crippen molar-refractivity contribution in [2.24, 2.45) is 10.7 Å². The number of ether oxygens (including phenoxy) is 1. The van der Waals surface area contributed by atoms with Crippen LogP contribution in [0.15, 0.2) is 46.3 Å². The maximum Gasteiger partial charge on any atom is 0.269 e. The third kappa shape index (κ3) is 4.18. The number of nitrogens with one attached hydrogen (secondary N) is 2. The lowest BCUT2D eigenvalue weighted by Crippen LogP contribution is -2.45. The predicted octanol–water partition coefficient (Wildman–Crippen LogP) is 2.04. The van der Waals surface area contributed by atoms with Gasteiger partial charge in [-0.2, -0.15) is 0 Å². The number of halogens is 4. The Balaban J connectivity index is 0.00000280. The van der Waals surface area contributed by atoms with E-state index in [0.29, 0.717) is 0 Å². The Morgan fingerprint density at radius 1 is 1.32 bits per heavy atom. The van der Waals surface area contributed by atoms with Crippen LogP contribution in [-0.2, 0) is 10.3 Å². The van der Waals surface area contributed by atoms with Crippen LogP contribution in [0, 0.1) is 5.82 Å². The summed E-state index contributed by atoms with van der Waals surface area (Å²) in [6.45, 7) is -0.682. The van der Waals surface area contributed by atoms with Gasteiger partial charge in [0.15, 0.2) is 5.54 Å². The largest absolute Gasteiger partial charge is 0.385 e. The summed E-state index contributed by atoms with van der Waals surface area (Å²) in [6, 6.07) is 5.68. The second-order valence-electron chi connectivity index (χ2n) is 5.91. The lowest BCUT2D eigenvalue weighted by Gasteiger charge is -2.33. The molecule has 28 heavy (non-hydrogen) atoms. The number of aromatic nitrogens is 1. The van der Waals surface area contributed by atoms with Gasteiger partial charge in [-0.1, -0.05) is 0 Å². The zero-order valence-electron chi connectivity index (χ0n) is 14.2. The third-order valence-corrected chi connectivity index (χ3v) is 4.01. The summed E-state index contributed by atoms with van der Waals surface area (Å²) >= 11 is 0. The van der Waals surface area contributed by atoms with Gasteiger partial charge in [0, 0.05) is 23.5 Å². The number of carbonyl (C=O) groups is 1. The molecule has 0 spiro atoms. The van der Waals surface area contributed by atoms with Crippen LogP contribution in [-0.4, -0.2) is 36.4 Å². The van der Waals surface area contributed by atoms with Gasteiger partial charge in [0.1, 0.15) is 18.3 Å². The topological polar surface area (TPSA) is 110 Å². The number of pyridine rings is 1. The van der Waals surface area contributed by atoms with E-state index in [1.165, 1.54) is 18.3 Å². The summed E-state index contributed by atoms with van der Waals surface area (Å²) in [5, 5.41) is 2.46. The molecule has 0 bridgehead atoms. The first-order valence-corrected chi connectivity index (χ1v) is 7.82. The number of rotatable bonds is 4. The standard InChI is InChI=1S/C17H15F3N4O3.ClH/c18-12-3-2-10(23-15(26)9-1-4-14(25)22-6-9)5-11(12)17(16(19)20)8-27-7-13(21)24-17;/h1-6,16H,7-8H2,(H2,21,24)(H,22,25)(H,23,26);1H/t17-;/m0./s1. The van der Waals surface area contributed by atoms with E-state index in [1.54, 1.807) is 0 Å². The number of hydrogen-bond donors (Lipinski definition) is 3. The summed E-state index contributed by atoms with van der Waals surface area (Å²) in [4.78, 5) is 29.4. The number of H-pyrrole nitrogens is 1. The van der Waals surface area contributed by atoms with Crippen molar-refractivity contribution in [2.45, 2.75) is 12.0 Å². The molecule has 4 N–H and O–H groups in total. The zero-order valence-corrected chi connectivity index (χ0v) is 15.1. The van der Waals surface area contributed by atoms with Gasteiger partial charge in [-0.05, 0) is 24.3 Å². The number of nitrogens with zero attached hydrogens (tertiary/aromatic N) is 1. The molecule has 0 unspecified atom stereocenters. The van der Waals surface area contributed by atoms with Crippen LogP contribution < -0.4 is 16.6 Å².